The normalized spacial score (nSPS) is 25.0. The zero-order chi connectivity index (χ0) is 22.1. The summed E-state index contributed by atoms with van der Waals surface area (Å²) in [7, 11) is 2.10. The average Bonchev–Trinajstić information content (AvgIpc) is 3.61. The molecule has 0 spiro atoms. The zero-order valence-corrected chi connectivity index (χ0v) is 18.5. The largest absolute Gasteiger partial charge is 0.507 e. The van der Waals surface area contributed by atoms with Crippen LogP contribution in [-0.2, 0) is 4.79 Å². The highest BCUT2D eigenvalue weighted by Crippen LogP contribution is 2.32. The second kappa shape index (κ2) is 8.90. The van der Waals surface area contributed by atoms with E-state index < -0.39 is 0 Å². The van der Waals surface area contributed by atoms with E-state index in [1.807, 2.05) is 24.3 Å². The van der Waals surface area contributed by atoms with Gasteiger partial charge in [0.25, 0.3) is 0 Å². The number of benzene rings is 1. The van der Waals surface area contributed by atoms with Crippen LogP contribution in [-0.4, -0.2) is 52.4 Å². The number of nitrogens with zero attached hydrogens (tertiary/aromatic N) is 3. The van der Waals surface area contributed by atoms with Gasteiger partial charge in [-0.25, -0.2) is 0 Å². The molecule has 1 aromatic carbocycles. The Balaban J connectivity index is 1.25. The third-order valence-corrected chi connectivity index (χ3v) is 6.90. The Hall–Kier alpha value is -2.93. The van der Waals surface area contributed by atoms with Gasteiger partial charge in [0.05, 0.1) is 5.69 Å². The van der Waals surface area contributed by atoms with Crippen molar-refractivity contribution in [2.75, 3.05) is 11.9 Å². The smallest absolute Gasteiger partial charge is 0.244 e. The third-order valence-electron chi connectivity index (χ3n) is 6.90. The second-order valence-electron chi connectivity index (χ2n) is 9.40. The molecule has 5 rings (SSSR count). The number of hydrogen-bond acceptors (Lipinski definition) is 6. The van der Waals surface area contributed by atoms with E-state index in [1.54, 1.807) is 12.1 Å². The number of carbonyl (C=O) groups is 1. The quantitative estimate of drug-likeness (QED) is 0.606. The zero-order valence-electron chi connectivity index (χ0n) is 18.5. The number of phenols is 1. The molecule has 3 aliphatic rings. The number of anilines is 1. The minimum atomic E-state index is -0.0981. The van der Waals surface area contributed by atoms with Gasteiger partial charge in [0.2, 0.25) is 5.91 Å². The molecule has 1 amide bonds. The number of rotatable bonds is 6. The first-order chi connectivity index (χ1) is 15.5. The molecular weight excluding hydrogens is 402 g/mol. The summed E-state index contributed by atoms with van der Waals surface area (Å²) in [6, 6.07) is 11.3. The predicted molar refractivity (Wildman–Crippen MR) is 125 cm³/mol. The Kier molecular flexibility index (Phi) is 5.83. The van der Waals surface area contributed by atoms with Crippen LogP contribution in [0.3, 0.4) is 0 Å². The topological polar surface area (TPSA) is 90.4 Å². The number of amides is 1. The van der Waals surface area contributed by atoms with Gasteiger partial charge in [0.15, 0.2) is 5.82 Å². The molecule has 7 heteroatoms. The van der Waals surface area contributed by atoms with Crippen molar-refractivity contribution < 1.29 is 9.90 Å². The molecule has 32 heavy (non-hydrogen) atoms. The summed E-state index contributed by atoms with van der Waals surface area (Å²) in [5.41, 5.74) is 2.02. The monoisotopic (exact) mass is 433 g/mol. The highest BCUT2D eigenvalue weighted by atomic mass is 16.3. The predicted octanol–water partition coefficient (Wildman–Crippen LogP) is 3.25. The van der Waals surface area contributed by atoms with Crippen LogP contribution >= 0.6 is 0 Å². The Bertz CT molecular complexity index is 990. The fourth-order valence-electron chi connectivity index (χ4n) is 4.91. The number of phenolic OH excluding ortho intramolecular Hbond substituents is 1. The first-order valence-corrected chi connectivity index (χ1v) is 11.7. The number of nitrogens with one attached hydrogen (secondary N) is 2. The van der Waals surface area contributed by atoms with Gasteiger partial charge < -0.3 is 20.6 Å². The van der Waals surface area contributed by atoms with Gasteiger partial charge in [-0.15, -0.1) is 10.2 Å². The van der Waals surface area contributed by atoms with Crippen LogP contribution in [0.1, 0.15) is 50.5 Å². The first kappa shape index (κ1) is 20.9. The van der Waals surface area contributed by atoms with Gasteiger partial charge in [-0.3, -0.25) is 4.79 Å². The number of piperidine rings is 2. The van der Waals surface area contributed by atoms with Gasteiger partial charge in [0, 0.05) is 42.9 Å². The molecule has 1 aliphatic carbocycles. The second-order valence-corrected chi connectivity index (χ2v) is 9.40. The summed E-state index contributed by atoms with van der Waals surface area (Å²) in [5.74, 6) is 0.884. The van der Waals surface area contributed by atoms with Gasteiger partial charge in [-0.1, -0.05) is 12.5 Å². The molecular formula is C25H31N5O2. The lowest BCUT2D eigenvalue weighted by atomic mass is 9.83. The van der Waals surface area contributed by atoms with E-state index in [0.717, 1.165) is 37.1 Å². The summed E-state index contributed by atoms with van der Waals surface area (Å²) >= 11 is 0. The average molecular weight is 434 g/mol. The standard InChI is InChI=1S/C25H31N5O2/c1-30(20-14-18-3-2-4-19(15-20)26-18)24-11-10-22(28-29-24)21-9-5-16(13-23(21)31)6-12-25(32)27-17-7-8-17/h5-6,9-13,17-20,26,31H,2-4,7-8,14-15H2,1H3,(H,27,32)/b12-6+/t18-,19-/m0/s1. The molecule has 0 unspecified atom stereocenters. The Morgan fingerprint density at radius 2 is 1.91 bits per heavy atom. The number of aromatic hydroxyl groups is 1. The molecule has 3 heterocycles. The molecule has 7 nitrogen and oxygen atoms in total. The maximum Gasteiger partial charge on any atom is 0.244 e. The van der Waals surface area contributed by atoms with Crippen molar-refractivity contribution in [1.82, 2.24) is 20.8 Å². The van der Waals surface area contributed by atoms with Crippen LogP contribution in [0.4, 0.5) is 5.82 Å². The van der Waals surface area contributed by atoms with Gasteiger partial charge in [-0.2, -0.15) is 0 Å². The van der Waals surface area contributed by atoms with Crippen LogP contribution < -0.4 is 15.5 Å². The van der Waals surface area contributed by atoms with E-state index >= 15 is 0 Å². The molecule has 0 radical (unpaired) electrons. The van der Waals surface area contributed by atoms with E-state index in [-0.39, 0.29) is 11.7 Å². The van der Waals surface area contributed by atoms with Crippen molar-refractivity contribution in [2.24, 2.45) is 0 Å². The number of hydrogen-bond donors (Lipinski definition) is 3. The summed E-state index contributed by atoms with van der Waals surface area (Å²) in [6.45, 7) is 0. The molecule has 2 atom stereocenters. The minimum Gasteiger partial charge on any atom is -0.507 e. The SMILES string of the molecule is CN(c1ccc(-c2ccc(/C=C/C(=O)NC3CC3)cc2O)nn1)C1C[C@@H]2CCC[C@@H](C1)N2. The Morgan fingerprint density at radius 3 is 2.56 bits per heavy atom. The number of carbonyl (C=O) groups excluding carboxylic acids is 1. The van der Waals surface area contributed by atoms with Crippen molar-refractivity contribution >= 4 is 17.8 Å². The van der Waals surface area contributed by atoms with Gasteiger partial charge in [-0.05, 0) is 74.4 Å². The lowest BCUT2D eigenvalue weighted by Gasteiger charge is -2.43. The lowest BCUT2D eigenvalue weighted by molar-refractivity contribution is -0.116. The summed E-state index contributed by atoms with van der Waals surface area (Å²) in [6.07, 6.45) is 11.5. The van der Waals surface area contributed by atoms with Crippen LogP contribution in [0, 0.1) is 0 Å². The molecule has 2 saturated heterocycles. The number of fused-ring (bicyclic) bond motifs is 2. The van der Waals surface area contributed by atoms with E-state index in [0.29, 0.717) is 35.4 Å². The van der Waals surface area contributed by atoms with Crippen molar-refractivity contribution in [2.45, 2.75) is 69.1 Å². The maximum atomic E-state index is 11.8. The highest BCUT2D eigenvalue weighted by Gasteiger charge is 2.33. The summed E-state index contributed by atoms with van der Waals surface area (Å²) < 4.78 is 0. The van der Waals surface area contributed by atoms with E-state index in [1.165, 1.54) is 25.3 Å². The fourth-order valence-corrected chi connectivity index (χ4v) is 4.91. The lowest BCUT2D eigenvalue weighted by Crippen LogP contribution is -2.54. The summed E-state index contributed by atoms with van der Waals surface area (Å²) in [5, 5.41) is 26.0. The number of aromatic nitrogens is 2. The van der Waals surface area contributed by atoms with Crippen LogP contribution in [0.25, 0.3) is 17.3 Å². The van der Waals surface area contributed by atoms with Crippen molar-refractivity contribution in [1.29, 1.82) is 0 Å². The van der Waals surface area contributed by atoms with Crippen molar-refractivity contribution in [3.8, 4) is 17.0 Å². The fraction of sp³-hybridized carbons (Fsp3) is 0.480. The molecule has 2 bridgehead atoms. The molecule has 3 fully saturated rings. The van der Waals surface area contributed by atoms with E-state index in [4.69, 9.17) is 0 Å². The van der Waals surface area contributed by atoms with Crippen LogP contribution in [0.5, 0.6) is 5.75 Å². The first-order valence-electron chi connectivity index (χ1n) is 11.7. The molecule has 2 aromatic rings. The van der Waals surface area contributed by atoms with Gasteiger partial charge >= 0.3 is 0 Å². The Morgan fingerprint density at radius 1 is 1.12 bits per heavy atom. The van der Waals surface area contributed by atoms with Crippen LogP contribution in [0.15, 0.2) is 36.4 Å². The van der Waals surface area contributed by atoms with E-state index in [2.05, 4.69) is 32.8 Å². The van der Waals surface area contributed by atoms with Crippen molar-refractivity contribution in [3.63, 3.8) is 0 Å². The molecule has 3 N–H and O–H groups in total. The van der Waals surface area contributed by atoms with Gasteiger partial charge in [0.1, 0.15) is 5.75 Å². The highest BCUT2D eigenvalue weighted by molar-refractivity contribution is 5.92. The van der Waals surface area contributed by atoms with Crippen LogP contribution in [0.2, 0.25) is 0 Å². The molecule has 1 saturated carbocycles. The molecule has 1 aromatic heterocycles. The Labute approximate surface area is 188 Å². The van der Waals surface area contributed by atoms with Crippen molar-refractivity contribution in [3.05, 3.63) is 42.0 Å². The summed E-state index contributed by atoms with van der Waals surface area (Å²) in [4.78, 5) is 14.1. The molecule has 168 valence electrons. The minimum absolute atomic E-state index is 0.0981. The van der Waals surface area contributed by atoms with E-state index in [9.17, 15) is 9.90 Å². The maximum absolute atomic E-state index is 11.8. The third kappa shape index (κ3) is 4.78. The molecule has 2 aliphatic heterocycles.